The molecular formula is C15H22ClN3O. The van der Waals surface area contributed by atoms with Crippen molar-refractivity contribution in [3.8, 4) is 0 Å². The number of carbonyl (C=O) groups is 1. The Morgan fingerprint density at radius 1 is 1.20 bits per heavy atom. The summed E-state index contributed by atoms with van der Waals surface area (Å²) in [4.78, 5) is 16.4. The molecule has 0 bridgehead atoms. The van der Waals surface area contributed by atoms with E-state index in [4.69, 9.17) is 0 Å². The van der Waals surface area contributed by atoms with Crippen LogP contribution in [0.3, 0.4) is 0 Å². The van der Waals surface area contributed by atoms with Crippen LogP contribution in [0.4, 0.5) is 0 Å². The Labute approximate surface area is 126 Å². The van der Waals surface area contributed by atoms with E-state index in [2.05, 4.69) is 15.6 Å². The number of aromatic nitrogens is 1. The molecule has 2 aliphatic rings. The number of pyridine rings is 1. The van der Waals surface area contributed by atoms with Crippen LogP contribution in [0.5, 0.6) is 0 Å². The number of piperidine rings is 1. The minimum Gasteiger partial charge on any atom is -0.349 e. The van der Waals surface area contributed by atoms with Gasteiger partial charge in [0.1, 0.15) is 0 Å². The Morgan fingerprint density at radius 3 is 2.45 bits per heavy atom. The number of halogens is 1. The van der Waals surface area contributed by atoms with Crippen LogP contribution in [0.15, 0.2) is 24.5 Å². The molecule has 1 aliphatic heterocycles. The highest BCUT2D eigenvalue weighted by atomic mass is 35.5. The lowest BCUT2D eigenvalue weighted by molar-refractivity contribution is -0.126. The Hall–Kier alpha value is -1.13. The first-order valence-electron chi connectivity index (χ1n) is 7.25. The Bertz CT molecular complexity index is 430. The first kappa shape index (κ1) is 15.3. The van der Waals surface area contributed by atoms with Gasteiger partial charge in [0.25, 0.3) is 0 Å². The standard InChI is InChI=1S/C15H21N3O.ClH/c19-15(13-5-9-17-10-6-13)18-14(11-1-2-11)12-3-7-16-8-4-12;/h3-4,7-8,11,13-14,17H,1-2,5-6,9-10H2,(H,18,19);1H. The van der Waals surface area contributed by atoms with E-state index in [0.717, 1.165) is 25.9 Å². The number of hydrogen-bond donors (Lipinski definition) is 2. The Balaban J connectivity index is 0.00000147. The summed E-state index contributed by atoms with van der Waals surface area (Å²) in [6, 6.07) is 4.22. The second-order valence-corrected chi connectivity index (χ2v) is 5.63. The number of nitrogens with zero attached hydrogens (tertiary/aromatic N) is 1. The molecule has 20 heavy (non-hydrogen) atoms. The van der Waals surface area contributed by atoms with E-state index in [1.807, 2.05) is 12.1 Å². The molecule has 1 saturated heterocycles. The average molecular weight is 296 g/mol. The minimum atomic E-state index is 0. The fraction of sp³-hybridized carbons (Fsp3) is 0.600. The molecule has 2 fully saturated rings. The summed E-state index contributed by atoms with van der Waals surface area (Å²) in [5, 5.41) is 6.57. The van der Waals surface area contributed by atoms with E-state index >= 15 is 0 Å². The first-order valence-corrected chi connectivity index (χ1v) is 7.25. The molecule has 1 aromatic heterocycles. The van der Waals surface area contributed by atoms with Gasteiger partial charge in [0, 0.05) is 18.3 Å². The monoisotopic (exact) mass is 295 g/mol. The predicted octanol–water partition coefficient (Wildman–Crippen LogP) is 2.07. The molecule has 1 aromatic rings. The van der Waals surface area contributed by atoms with Gasteiger partial charge in [-0.1, -0.05) is 0 Å². The first-order chi connectivity index (χ1) is 9.34. The van der Waals surface area contributed by atoms with Crippen LogP contribution in [-0.4, -0.2) is 24.0 Å². The molecule has 5 heteroatoms. The molecule has 1 aliphatic carbocycles. The second kappa shape index (κ2) is 7.04. The van der Waals surface area contributed by atoms with Crippen LogP contribution in [0.25, 0.3) is 0 Å². The summed E-state index contributed by atoms with van der Waals surface area (Å²) in [6.07, 6.45) is 7.97. The zero-order chi connectivity index (χ0) is 13.1. The third-order valence-corrected chi connectivity index (χ3v) is 4.17. The molecule has 0 spiro atoms. The number of rotatable bonds is 4. The molecule has 1 saturated carbocycles. The van der Waals surface area contributed by atoms with Crippen molar-refractivity contribution in [3.63, 3.8) is 0 Å². The smallest absolute Gasteiger partial charge is 0.223 e. The van der Waals surface area contributed by atoms with E-state index < -0.39 is 0 Å². The zero-order valence-corrected chi connectivity index (χ0v) is 12.4. The van der Waals surface area contributed by atoms with E-state index in [1.165, 1.54) is 18.4 Å². The van der Waals surface area contributed by atoms with E-state index in [-0.39, 0.29) is 30.3 Å². The molecule has 2 heterocycles. The largest absolute Gasteiger partial charge is 0.349 e. The zero-order valence-electron chi connectivity index (χ0n) is 11.5. The number of nitrogens with one attached hydrogen (secondary N) is 2. The normalized spacial score (nSPS) is 20.8. The van der Waals surface area contributed by atoms with Crippen molar-refractivity contribution in [1.29, 1.82) is 0 Å². The molecule has 1 unspecified atom stereocenters. The molecule has 4 nitrogen and oxygen atoms in total. The molecule has 0 radical (unpaired) electrons. The molecular weight excluding hydrogens is 274 g/mol. The number of hydrogen-bond acceptors (Lipinski definition) is 3. The van der Waals surface area contributed by atoms with Crippen molar-refractivity contribution < 1.29 is 4.79 Å². The topological polar surface area (TPSA) is 54.0 Å². The highest BCUT2D eigenvalue weighted by Crippen LogP contribution is 2.41. The quantitative estimate of drug-likeness (QED) is 0.894. The maximum atomic E-state index is 12.4. The van der Waals surface area contributed by atoms with Gasteiger partial charge in [0.15, 0.2) is 0 Å². The van der Waals surface area contributed by atoms with Gasteiger partial charge in [-0.3, -0.25) is 9.78 Å². The van der Waals surface area contributed by atoms with Crippen LogP contribution < -0.4 is 10.6 Å². The summed E-state index contributed by atoms with van der Waals surface area (Å²) in [7, 11) is 0. The average Bonchev–Trinajstić information content (AvgIpc) is 3.31. The lowest BCUT2D eigenvalue weighted by atomic mass is 9.95. The Morgan fingerprint density at radius 2 is 1.85 bits per heavy atom. The Kier molecular flexibility index (Phi) is 5.38. The van der Waals surface area contributed by atoms with E-state index in [0.29, 0.717) is 5.92 Å². The van der Waals surface area contributed by atoms with Gasteiger partial charge in [-0.15, -0.1) is 12.4 Å². The van der Waals surface area contributed by atoms with E-state index in [9.17, 15) is 4.79 Å². The summed E-state index contributed by atoms with van der Waals surface area (Å²) in [5.74, 6) is 1.03. The lowest BCUT2D eigenvalue weighted by Gasteiger charge is -2.25. The van der Waals surface area contributed by atoms with Gasteiger partial charge in [-0.25, -0.2) is 0 Å². The van der Waals surface area contributed by atoms with Crippen LogP contribution in [0.2, 0.25) is 0 Å². The third kappa shape index (κ3) is 3.70. The predicted molar refractivity (Wildman–Crippen MR) is 80.7 cm³/mol. The van der Waals surface area contributed by atoms with Crippen molar-refractivity contribution in [2.24, 2.45) is 11.8 Å². The van der Waals surface area contributed by atoms with Crippen molar-refractivity contribution in [2.45, 2.75) is 31.7 Å². The SMILES string of the molecule is Cl.O=C(NC(c1ccncc1)C1CC1)C1CCNCC1. The lowest BCUT2D eigenvalue weighted by Crippen LogP contribution is -2.40. The summed E-state index contributed by atoms with van der Waals surface area (Å²) in [5.41, 5.74) is 1.19. The molecule has 1 amide bonds. The van der Waals surface area contributed by atoms with Crippen LogP contribution >= 0.6 is 12.4 Å². The second-order valence-electron chi connectivity index (χ2n) is 5.63. The van der Waals surface area contributed by atoms with Crippen molar-refractivity contribution in [2.75, 3.05) is 13.1 Å². The summed E-state index contributed by atoms with van der Waals surface area (Å²) < 4.78 is 0. The fourth-order valence-electron chi connectivity index (χ4n) is 2.83. The highest BCUT2D eigenvalue weighted by Gasteiger charge is 2.34. The molecule has 1 atom stereocenters. The highest BCUT2D eigenvalue weighted by molar-refractivity contribution is 5.85. The van der Waals surface area contributed by atoms with Gasteiger partial charge in [0.2, 0.25) is 5.91 Å². The maximum Gasteiger partial charge on any atom is 0.223 e. The summed E-state index contributed by atoms with van der Waals surface area (Å²) >= 11 is 0. The molecule has 3 rings (SSSR count). The van der Waals surface area contributed by atoms with Crippen molar-refractivity contribution in [1.82, 2.24) is 15.6 Å². The number of carbonyl (C=O) groups excluding carboxylic acids is 1. The molecule has 2 N–H and O–H groups in total. The van der Waals surface area contributed by atoms with Gasteiger partial charge in [0.05, 0.1) is 6.04 Å². The van der Waals surface area contributed by atoms with Gasteiger partial charge in [-0.2, -0.15) is 0 Å². The van der Waals surface area contributed by atoms with Crippen LogP contribution in [0.1, 0.15) is 37.3 Å². The van der Waals surface area contributed by atoms with Crippen molar-refractivity contribution >= 4 is 18.3 Å². The van der Waals surface area contributed by atoms with Crippen LogP contribution in [0, 0.1) is 11.8 Å². The van der Waals surface area contributed by atoms with Gasteiger partial charge < -0.3 is 10.6 Å². The van der Waals surface area contributed by atoms with Crippen molar-refractivity contribution in [3.05, 3.63) is 30.1 Å². The van der Waals surface area contributed by atoms with Gasteiger partial charge >= 0.3 is 0 Å². The third-order valence-electron chi connectivity index (χ3n) is 4.17. The van der Waals surface area contributed by atoms with Gasteiger partial charge in [-0.05, 0) is 62.4 Å². The fourth-order valence-corrected chi connectivity index (χ4v) is 2.83. The maximum absolute atomic E-state index is 12.4. The minimum absolute atomic E-state index is 0. The van der Waals surface area contributed by atoms with Crippen LogP contribution in [-0.2, 0) is 4.79 Å². The number of amides is 1. The molecule has 0 aromatic carbocycles. The molecule has 110 valence electrons. The summed E-state index contributed by atoms with van der Waals surface area (Å²) in [6.45, 7) is 1.92. The van der Waals surface area contributed by atoms with E-state index in [1.54, 1.807) is 12.4 Å².